The first-order valence-corrected chi connectivity index (χ1v) is 25.0. The first kappa shape index (κ1) is 54.8. The topological polar surface area (TPSA) is 201 Å². The zero-order valence-electron chi connectivity index (χ0n) is 42.5. The first-order chi connectivity index (χ1) is 31.7. The summed E-state index contributed by atoms with van der Waals surface area (Å²) in [5.41, 5.74) is -0.381. The number of esters is 1. The van der Waals surface area contributed by atoms with Crippen LogP contribution in [-0.4, -0.2) is 109 Å². The molecule has 0 radical (unpaired) electrons. The van der Waals surface area contributed by atoms with E-state index in [2.05, 4.69) is 31.1 Å². The van der Waals surface area contributed by atoms with Gasteiger partial charge in [-0.1, -0.05) is 84.9 Å². The van der Waals surface area contributed by atoms with E-state index >= 15 is 0 Å². The number of aliphatic hydroxyl groups excluding tert-OH is 1. The molecule has 68 heavy (non-hydrogen) atoms. The van der Waals surface area contributed by atoms with E-state index in [4.69, 9.17) is 28.4 Å². The zero-order valence-corrected chi connectivity index (χ0v) is 44.5. The van der Waals surface area contributed by atoms with E-state index < -0.39 is 94.9 Å². The minimum Gasteiger partial charge on any atom is -0.550 e. The Kier molecular flexibility index (Phi) is 17.4. The van der Waals surface area contributed by atoms with E-state index in [0.29, 0.717) is 74.6 Å². The van der Waals surface area contributed by atoms with Gasteiger partial charge in [-0.15, -0.1) is 5.10 Å². The number of aliphatic carboxylic acids is 1. The van der Waals surface area contributed by atoms with Crippen LogP contribution in [0.2, 0.25) is 0 Å². The van der Waals surface area contributed by atoms with Gasteiger partial charge in [0.2, 0.25) is 0 Å². The summed E-state index contributed by atoms with van der Waals surface area (Å²) in [4.78, 5) is 39.6. The standard InChI is InChI=1S/C52H77N3O12.Na/c1-12-35(47(58)59)40-20-19-29(4)45(64-40)33(8)43(56)32(7)44(57)36(13-2)46-30(5)27-31(6)51(65-46)24-21-41(55-28-39(53-54-55)37-17-15-16-18-38(37)48(60)62-11)52(67-51)26-25-49(10,66-52)42-22-23-50(61,14-3)34(9)63-42;/h15-18,21,24,28-36,40-43,45-46,56,61H,12-14,19-20,22-23,25-27H2,1-11H3,(H,58,59);/q;+1/p-1/t29-,30-,31+,32-,33-,34-,35+,36-,40+,41-,42+,43+,45+,46-,49-,50+,51-,52-;/m0./s1. The van der Waals surface area contributed by atoms with E-state index in [1.165, 1.54) is 7.11 Å². The summed E-state index contributed by atoms with van der Waals surface area (Å²) in [6.07, 6.45) is 7.98. The molecule has 1 aromatic carbocycles. The normalized spacial score (nSPS) is 38.3. The summed E-state index contributed by atoms with van der Waals surface area (Å²) in [5.74, 6) is -7.10. The molecule has 0 unspecified atom stereocenters. The molecule has 0 saturated carbocycles. The monoisotopic (exact) mass is 958 g/mol. The number of carbonyl (C=O) groups is 3. The van der Waals surface area contributed by atoms with Crippen molar-refractivity contribution in [1.29, 1.82) is 0 Å². The van der Waals surface area contributed by atoms with Crippen LogP contribution in [0.3, 0.4) is 0 Å². The molecule has 16 heteroatoms. The van der Waals surface area contributed by atoms with Crippen molar-refractivity contribution < 1.29 is 87.7 Å². The Morgan fingerprint density at radius 2 is 1.65 bits per heavy atom. The molecule has 5 aliphatic heterocycles. The molecule has 5 aliphatic rings. The van der Waals surface area contributed by atoms with E-state index in [0.717, 1.165) is 6.42 Å². The van der Waals surface area contributed by atoms with Gasteiger partial charge in [-0.3, -0.25) is 4.79 Å². The number of hydrogen-bond donors (Lipinski definition) is 2. The number of carboxylic acid groups (broad SMARTS) is 1. The molecule has 0 bridgehead atoms. The van der Waals surface area contributed by atoms with Gasteiger partial charge >= 0.3 is 35.5 Å². The molecule has 2 spiro atoms. The molecule has 6 heterocycles. The summed E-state index contributed by atoms with van der Waals surface area (Å²) in [7, 11) is 1.34. The fraction of sp³-hybridized carbons (Fsp3) is 0.750. The second-order valence-electron chi connectivity index (χ2n) is 21.0. The average Bonchev–Trinajstić information content (AvgIpc) is 3.94. The van der Waals surface area contributed by atoms with Crippen LogP contribution in [0.1, 0.15) is 150 Å². The van der Waals surface area contributed by atoms with E-state index in [1.807, 2.05) is 59.8 Å². The summed E-state index contributed by atoms with van der Waals surface area (Å²) >= 11 is 0. The van der Waals surface area contributed by atoms with Gasteiger partial charge in [0.15, 0.2) is 11.6 Å². The number of aromatic nitrogens is 3. The van der Waals surface area contributed by atoms with Gasteiger partial charge in [0.05, 0.1) is 66.7 Å². The van der Waals surface area contributed by atoms with Crippen molar-refractivity contribution in [3.63, 3.8) is 0 Å². The number of benzene rings is 1. The Labute approximate surface area is 425 Å². The smallest absolute Gasteiger partial charge is 0.550 e. The van der Waals surface area contributed by atoms with Crippen LogP contribution in [0.25, 0.3) is 11.3 Å². The SMILES string of the molecule is CC[C@@H](C(=O)[C@@H](C)[C@@H](O)[C@H](C)[C@@H]1O[C@@H]([C@@H](CC)C(=O)[O-])CC[C@@H]1C)[C@H]1O[C@]2(C=C[C@H](n3cc(-c4ccccc4C(=O)OC)nn3)[C@]3(CC[C@@](C)([C@H]4CC[C@](O)(CC)[C@H](C)O4)O3)O2)[C@H](C)C[C@@H]1C.[Na+]. The molecule has 2 aromatic rings. The maximum Gasteiger partial charge on any atom is 1.00 e. The molecular weight excluding hydrogens is 882 g/mol. The summed E-state index contributed by atoms with van der Waals surface area (Å²) in [5, 5.41) is 44.4. The molecule has 372 valence electrons. The summed E-state index contributed by atoms with van der Waals surface area (Å²) in [6.45, 7) is 19.6. The van der Waals surface area contributed by atoms with Crippen molar-refractivity contribution in [3.8, 4) is 11.3 Å². The third-order valence-corrected chi connectivity index (χ3v) is 16.8. The van der Waals surface area contributed by atoms with Gasteiger partial charge < -0.3 is 48.5 Å². The van der Waals surface area contributed by atoms with Gasteiger partial charge in [0.1, 0.15) is 17.5 Å². The van der Waals surface area contributed by atoms with E-state index in [-0.39, 0.29) is 59.2 Å². The van der Waals surface area contributed by atoms with Crippen molar-refractivity contribution in [2.45, 2.75) is 199 Å². The molecule has 18 atom stereocenters. The zero-order chi connectivity index (χ0) is 48.8. The Balaban J connectivity index is 0.00000761. The van der Waals surface area contributed by atoms with Crippen LogP contribution >= 0.6 is 0 Å². The van der Waals surface area contributed by atoms with Crippen LogP contribution in [0.15, 0.2) is 42.6 Å². The molecule has 0 aliphatic carbocycles. The number of ketones is 1. The second kappa shape index (κ2) is 21.6. The molecule has 2 N–H and O–H groups in total. The third-order valence-electron chi connectivity index (χ3n) is 16.8. The Morgan fingerprint density at radius 3 is 2.29 bits per heavy atom. The predicted octanol–water partition coefficient (Wildman–Crippen LogP) is 3.78. The average molecular weight is 958 g/mol. The Hall–Kier alpha value is -2.57. The first-order valence-electron chi connectivity index (χ1n) is 25.0. The minimum absolute atomic E-state index is 0. The molecule has 7 rings (SSSR count). The summed E-state index contributed by atoms with van der Waals surface area (Å²) < 4.78 is 41.8. The molecule has 4 fully saturated rings. The van der Waals surface area contributed by atoms with E-state index in [9.17, 15) is 29.7 Å². The largest absolute Gasteiger partial charge is 1.00 e. The van der Waals surface area contributed by atoms with Crippen molar-refractivity contribution in [2.75, 3.05) is 7.11 Å². The number of carbonyl (C=O) groups excluding carboxylic acids is 3. The third kappa shape index (κ3) is 10.2. The number of nitrogens with zero attached hydrogens (tertiary/aromatic N) is 3. The Bertz CT molecular complexity index is 2120. The Morgan fingerprint density at radius 1 is 0.941 bits per heavy atom. The van der Waals surface area contributed by atoms with Crippen LogP contribution in [0.5, 0.6) is 0 Å². The van der Waals surface area contributed by atoms with Gasteiger partial charge in [0, 0.05) is 47.5 Å². The quantitative estimate of drug-likeness (QED) is 0.149. The number of aliphatic hydroxyl groups is 2. The van der Waals surface area contributed by atoms with Crippen molar-refractivity contribution >= 4 is 17.7 Å². The van der Waals surface area contributed by atoms with Gasteiger partial charge in [-0.2, -0.15) is 0 Å². The maximum absolute atomic E-state index is 14.8. The van der Waals surface area contributed by atoms with Gasteiger partial charge in [0.25, 0.3) is 0 Å². The van der Waals surface area contributed by atoms with Crippen LogP contribution in [0, 0.1) is 41.4 Å². The maximum atomic E-state index is 14.8. The number of Topliss-reactive ketones (excluding diaryl/α,β-unsaturated/α-hetero) is 1. The molecule has 0 amide bonds. The molecule has 1 aromatic heterocycles. The fourth-order valence-electron chi connectivity index (χ4n) is 12.3. The molecular formula is C52H76N3NaO12. The van der Waals surface area contributed by atoms with Crippen molar-refractivity contribution in [3.05, 3.63) is 48.2 Å². The van der Waals surface area contributed by atoms with Crippen LogP contribution in [0.4, 0.5) is 0 Å². The van der Waals surface area contributed by atoms with Gasteiger partial charge in [-0.25, -0.2) is 9.48 Å². The number of hydrogen-bond acceptors (Lipinski definition) is 14. The fourth-order valence-corrected chi connectivity index (χ4v) is 12.3. The number of carboxylic acids is 1. The number of rotatable bonds is 15. The van der Waals surface area contributed by atoms with E-state index in [1.54, 1.807) is 36.0 Å². The number of ether oxygens (including phenoxy) is 6. The van der Waals surface area contributed by atoms with Crippen molar-refractivity contribution in [2.24, 2.45) is 41.4 Å². The predicted molar refractivity (Wildman–Crippen MR) is 246 cm³/mol. The molecule has 15 nitrogen and oxygen atoms in total. The summed E-state index contributed by atoms with van der Waals surface area (Å²) in [6, 6.07) is 6.43. The second-order valence-corrected chi connectivity index (χ2v) is 21.0. The minimum atomic E-state index is -1.35. The number of methoxy groups -OCH3 is 1. The van der Waals surface area contributed by atoms with Gasteiger partial charge in [-0.05, 0) is 95.6 Å². The van der Waals surface area contributed by atoms with Crippen LogP contribution < -0.4 is 34.7 Å². The molecule has 4 saturated heterocycles. The van der Waals surface area contributed by atoms with Crippen molar-refractivity contribution in [1.82, 2.24) is 15.0 Å². The van der Waals surface area contributed by atoms with Crippen LogP contribution in [-0.2, 0) is 38.0 Å².